The van der Waals surface area contributed by atoms with Crippen LogP contribution in [0.2, 0.25) is 5.15 Å². The smallest absolute Gasteiger partial charge is 0.305 e. The average Bonchev–Trinajstić information content (AvgIpc) is 2.56. The van der Waals surface area contributed by atoms with E-state index >= 15 is 0 Å². The number of carboxylic acids is 1. The van der Waals surface area contributed by atoms with E-state index in [9.17, 15) is 4.79 Å². The fraction of sp³-hybridized carbons (Fsp3) is 0.167. The van der Waals surface area contributed by atoms with Gasteiger partial charge in [0.15, 0.2) is 10.9 Å². The van der Waals surface area contributed by atoms with Crippen molar-refractivity contribution >= 4 is 34.3 Å². The summed E-state index contributed by atoms with van der Waals surface area (Å²) in [6, 6.07) is 14.3. The minimum Gasteiger partial charge on any atom is -0.481 e. The Kier molecular flexibility index (Phi) is 5.00. The molecule has 2 N–H and O–H groups in total. The van der Waals surface area contributed by atoms with Gasteiger partial charge in [0.05, 0.1) is 23.1 Å². The number of aliphatic carboxylic acids is 1. The van der Waals surface area contributed by atoms with Gasteiger partial charge in [-0.2, -0.15) is 0 Å². The molecule has 0 spiro atoms. The highest BCUT2D eigenvalue weighted by atomic mass is 35.5. The van der Waals surface area contributed by atoms with E-state index in [1.165, 1.54) is 0 Å². The highest BCUT2D eigenvalue weighted by molar-refractivity contribution is 6.31. The van der Waals surface area contributed by atoms with Crippen LogP contribution in [0.5, 0.6) is 11.6 Å². The van der Waals surface area contributed by atoms with Gasteiger partial charge in [0.1, 0.15) is 0 Å². The molecule has 3 rings (SSSR count). The molecular weight excluding hydrogens is 342 g/mol. The number of carboxylic acid groups (broad SMARTS) is 1. The summed E-state index contributed by atoms with van der Waals surface area (Å²) < 4.78 is 5.84. The van der Waals surface area contributed by atoms with Gasteiger partial charge in [0.25, 0.3) is 5.88 Å². The largest absolute Gasteiger partial charge is 0.481 e. The Morgan fingerprint density at radius 3 is 2.52 bits per heavy atom. The lowest BCUT2D eigenvalue weighted by atomic mass is 10.2. The minimum absolute atomic E-state index is 0.00906. The van der Waals surface area contributed by atoms with Gasteiger partial charge < -0.3 is 15.2 Å². The second-order valence-corrected chi connectivity index (χ2v) is 5.91. The molecule has 0 amide bonds. The van der Waals surface area contributed by atoms with Crippen molar-refractivity contribution in [3.05, 3.63) is 53.7 Å². The average molecular weight is 358 g/mol. The van der Waals surface area contributed by atoms with Crippen LogP contribution in [0, 0.1) is 0 Å². The van der Waals surface area contributed by atoms with E-state index < -0.39 is 5.97 Å². The lowest BCUT2D eigenvalue weighted by molar-refractivity contribution is -0.137. The first-order valence-corrected chi connectivity index (χ1v) is 8.08. The van der Waals surface area contributed by atoms with E-state index in [1.807, 2.05) is 36.4 Å². The van der Waals surface area contributed by atoms with Crippen molar-refractivity contribution in [2.45, 2.75) is 19.4 Å². The second-order valence-electron chi connectivity index (χ2n) is 5.55. The van der Waals surface area contributed by atoms with E-state index in [0.717, 1.165) is 0 Å². The first kappa shape index (κ1) is 17.0. The first-order valence-electron chi connectivity index (χ1n) is 7.70. The van der Waals surface area contributed by atoms with Gasteiger partial charge in [-0.05, 0) is 31.2 Å². The highest BCUT2D eigenvalue weighted by Gasteiger charge is 2.14. The quantitative estimate of drug-likeness (QED) is 0.682. The zero-order valence-corrected chi connectivity index (χ0v) is 14.2. The van der Waals surface area contributed by atoms with Crippen LogP contribution in [0.1, 0.15) is 13.3 Å². The SMILES string of the molecule is CC(CC(=O)O)Nc1ccccc1Oc1nc2ccccc2nc1Cl. The number of benzene rings is 2. The van der Waals surface area contributed by atoms with Crippen molar-refractivity contribution in [3.8, 4) is 11.6 Å². The molecule has 128 valence electrons. The van der Waals surface area contributed by atoms with Crippen LogP contribution in [0.3, 0.4) is 0 Å². The minimum atomic E-state index is -0.873. The predicted octanol–water partition coefficient (Wildman–Crippen LogP) is 4.35. The van der Waals surface area contributed by atoms with Crippen LogP contribution in [0.25, 0.3) is 11.0 Å². The molecule has 0 bridgehead atoms. The molecule has 6 nitrogen and oxygen atoms in total. The molecule has 0 saturated carbocycles. The Morgan fingerprint density at radius 1 is 1.16 bits per heavy atom. The van der Waals surface area contributed by atoms with E-state index in [-0.39, 0.29) is 23.5 Å². The van der Waals surface area contributed by atoms with E-state index in [4.69, 9.17) is 21.4 Å². The zero-order chi connectivity index (χ0) is 17.8. The molecule has 0 aliphatic heterocycles. The third-order valence-corrected chi connectivity index (χ3v) is 3.72. The molecule has 1 atom stereocenters. The maximum absolute atomic E-state index is 10.8. The monoisotopic (exact) mass is 357 g/mol. The Bertz CT molecular complexity index is 917. The molecule has 7 heteroatoms. The molecule has 1 aromatic heterocycles. The Balaban J connectivity index is 1.88. The molecule has 0 aliphatic carbocycles. The van der Waals surface area contributed by atoms with E-state index in [2.05, 4.69) is 15.3 Å². The lowest BCUT2D eigenvalue weighted by Gasteiger charge is -2.17. The van der Waals surface area contributed by atoms with Crippen LogP contribution in [0.4, 0.5) is 5.69 Å². The summed E-state index contributed by atoms with van der Waals surface area (Å²) in [6.45, 7) is 1.79. The molecule has 3 aromatic rings. The standard InChI is InChI=1S/C18H16ClN3O3/c1-11(10-16(23)24)20-14-8-4-5-9-15(14)25-18-17(19)21-12-6-2-3-7-13(12)22-18/h2-9,11,20H,10H2,1H3,(H,23,24). The van der Waals surface area contributed by atoms with E-state index in [0.29, 0.717) is 22.5 Å². The fourth-order valence-corrected chi connectivity index (χ4v) is 2.56. The summed E-state index contributed by atoms with van der Waals surface area (Å²) >= 11 is 6.18. The van der Waals surface area contributed by atoms with Gasteiger partial charge in [-0.15, -0.1) is 0 Å². The number of anilines is 1. The van der Waals surface area contributed by atoms with E-state index in [1.54, 1.807) is 19.1 Å². The van der Waals surface area contributed by atoms with Gasteiger partial charge in [-0.25, -0.2) is 9.97 Å². The molecule has 0 radical (unpaired) electrons. The molecule has 0 aliphatic rings. The van der Waals surface area contributed by atoms with Gasteiger partial charge in [0.2, 0.25) is 0 Å². The normalized spacial score (nSPS) is 11.9. The van der Waals surface area contributed by atoms with Crippen LogP contribution in [-0.2, 0) is 4.79 Å². The summed E-state index contributed by atoms with van der Waals surface area (Å²) in [7, 11) is 0. The summed E-state index contributed by atoms with van der Waals surface area (Å²) in [5, 5.41) is 12.2. The number of para-hydroxylation sites is 4. The van der Waals surface area contributed by atoms with Crippen molar-refractivity contribution in [1.29, 1.82) is 0 Å². The molecule has 0 saturated heterocycles. The number of hydrogen-bond donors (Lipinski definition) is 2. The molecule has 2 aromatic carbocycles. The third kappa shape index (κ3) is 4.16. The predicted molar refractivity (Wildman–Crippen MR) is 96.4 cm³/mol. The number of nitrogens with zero attached hydrogens (tertiary/aromatic N) is 2. The summed E-state index contributed by atoms with van der Waals surface area (Å²) in [5.41, 5.74) is 2.01. The van der Waals surface area contributed by atoms with Crippen molar-refractivity contribution < 1.29 is 14.6 Å². The summed E-state index contributed by atoms with van der Waals surface area (Å²) in [5.74, 6) is -0.187. The lowest BCUT2D eigenvalue weighted by Crippen LogP contribution is -2.19. The van der Waals surface area contributed by atoms with Crippen molar-refractivity contribution in [2.75, 3.05) is 5.32 Å². The molecular formula is C18H16ClN3O3. The molecule has 0 fully saturated rings. The molecule has 1 unspecified atom stereocenters. The summed E-state index contributed by atoms with van der Waals surface area (Å²) in [6.07, 6.45) is -0.00906. The van der Waals surface area contributed by atoms with Crippen LogP contribution in [0.15, 0.2) is 48.5 Å². The van der Waals surface area contributed by atoms with Crippen molar-refractivity contribution in [1.82, 2.24) is 9.97 Å². The number of ether oxygens (including phenoxy) is 1. The maximum Gasteiger partial charge on any atom is 0.305 e. The van der Waals surface area contributed by atoms with Crippen LogP contribution < -0.4 is 10.1 Å². The Labute approximate surface area is 149 Å². The topological polar surface area (TPSA) is 84.3 Å². The number of carbonyl (C=O) groups is 1. The highest BCUT2D eigenvalue weighted by Crippen LogP contribution is 2.33. The Hall–Kier alpha value is -2.86. The number of nitrogens with one attached hydrogen (secondary N) is 1. The van der Waals surface area contributed by atoms with Crippen molar-refractivity contribution in [2.24, 2.45) is 0 Å². The molecule has 25 heavy (non-hydrogen) atoms. The number of fused-ring (bicyclic) bond motifs is 1. The number of rotatable bonds is 6. The van der Waals surface area contributed by atoms with Crippen LogP contribution >= 0.6 is 11.6 Å². The van der Waals surface area contributed by atoms with Gasteiger partial charge in [-0.3, -0.25) is 4.79 Å². The Morgan fingerprint density at radius 2 is 1.80 bits per heavy atom. The van der Waals surface area contributed by atoms with Crippen LogP contribution in [-0.4, -0.2) is 27.1 Å². The van der Waals surface area contributed by atoms with Gasteiger partial charge in [-0.1, -0.05) is 35.9 Å². The fourth-order valence-electron chi connectivity index (χ4n) is 2.38. The number of hydrogen-bond acceptors (Lipinski definition) is 5. The van der Waals surface area contributed by atoms with Gasteiger partial charge >= 0.3 is 5.97 Å². The second kappa shape index (κ2) is 7.36. The molecule has 1 heterocycles. The number of halogens is 1. The summed E-state index contributed by atoms with van der Waals surface area (Å²) in [4.78, 5) is 19.5. The van der Waals surface area contributed by atoms with Gasteiger partial charge in [0, 0.05) is 6.04 Å². The first-order chi connectivity index (χ1) is 12.0. The number of aromatic nitrogens is 2. The third-order valence-electron chi connectivity index (χ3n) is 3.48. The van der Waals surface area contributed by atoms with Crippen molar-refractivity contribution in [3.63, 3.8) is 0 Å². The maximum atomic E-state index is 10.8. The zero-order valence-electron chi connectivity index (χ0n) is 13.4.